The van der Waals surface area contributed by atoms with Crippen LogP contribution in [0.25, 0.3) is 11.1 Å². The third-order valence-corrected chi connectivity index (χ3v) is 7.36. The van der Waals surface area contributed by atoms with Crippen molar-refractivity contribution < 1.29 is 32.2 Å². The fraction of sp³-hybridized carbons (Fsp3) is 0.345. The van der Waals surface area contributed by atoms with Crippen LogP contribution >= 0.6 is 11.6 Å². The summed E-state index contributed by atoms with van der Waals surface area (Å²) < 4.78 is 54.0. The van der Waals surface area contributed by atoms with E-state index < -0.39 is 42.1 Å². The highest BCUT2D eigenvalue weighted by Crippen LogP contribution is 2.40. The molecule has 1 saturated carbocycles. The van der Waals surface area contributed by atoms with Crippen LogP contribution in [0.5, 0.6) is 5.75 Å². The summed E-state index contributed by atoms with van der Waals surface area (Å²) in [6, 6.07) is 10.6. The van der Waals surface area contributed by atoms with Gasteiger partial charge in [0.05, 0.1) is 18.2 Å². The number of nitrogens with one attached hydrogen (secondary N) is 1. The minimum atomic E-state index is -4.52. The van der Waals surface area contributed by atoms with E-state index in [1.807, 2.05) is 0 Å². The van der Waals surface area contributed by atoms with Gasteiger partial charge in [-0.05, 0) is 66.8 Å². The molecule has 5 rings (SSSR count). The zero-order valence-corrected chi connectivity index (χ0v) is 22.5. The minimum Gasteiger partial charge on any atom is -0.491 e. The molecule has 0 saturated heterocycles. The van der Waals surface area contributed by atoms with Gasteiger partial charge < -0.3 is 20.5 Å². The molecule has 216 valence electrons. The first-order valence-electron chi connectivity index (χ1n) is 13.1. The molecule has 1 fully saturated rings. The van der Waals surface area contributed by atoms with Crippen LogP contribution in [0, 0.1) is 5.92 Å². The number of primary amides is 1. The lowest BCUT2D eigenvalue weighted by molar-refractivity contribution is -0.181. The van der Waals surface area contributed by atoms with Crippen LogP contribution in [-0.2, 0) is 16.0 Å². The second kappa shape index (κ2) is 11.6. The Labute approximate surface area is 238 Å². The maximum atomic E-state index is 13.8. The van der Waals surface area contributed by atoms with E-state index in [4.69, 9.17) is 26.8 Å². The number of benzene rings is 2. The van der Waals surface area contributed by atoms with E-state index >= 15 is 0 Å². The van der Waals surface area contributed by atoms with Crippen LogP contribution in [0.1, 0.15) is 41.2 Å². The Morgan fingerprint density at radius 2 is 1.85 bits per heavy atom. The van der Waals surface area contributed by atoms with Crippen molar-refractivity contribution >= 4 is 29.1 Å². The molecule has 0 spiro atoms. The summed E-state index contributed by atoms with van der Waals surface area (Å²) in [6.07, 6.45) is -1.52. The number of pyridine rings is 1. The Kier molecular flexibility index (Phi) is 8.10. The topological polar surface area (TPSA) is 113 Å². The predicted molar refractivity (Wildman–Crippen MR) is 146 cm³/mol. The number of aromatic nitrogens is 1. The van der Waals surface area contributed by atoms with Crippen molar-refractivity contribution in [3.8, 4) is 16.9 Å². The van der Waals surface area contributed by atoms with E-state index in [0.717, 1.165) is 17.4 Å². The average molecular weight is 590 g/mol. The number of alkyl halides is 3. The van der Waals surface area contributed by atoms with Crippen LogP contribution in [0.3, 0.4) is 0 Å². The Hall–Kier alpha value is -3.83. The quantitative estimate of drug-likeness (QED) is 0.378. The van der Waals surface area contributed by atoms with Gasteiger partial charge in [-0.1, -0.05) is 17.7 Å². The summed E-state index contributed by atoms with van der Waals surface area (Å²) in [6.45, 7) is -0.479. The summed E-state index contributed by atoms with van der Waals surface area (Å²) in [7, 11) is 0. The fourth-order valence-electron chi connectivity index (χ4n) is 4.72. The second-order valence-electron chi connectivity index (χ2n) is 10.2. The van der Waals surface area contributed by atoms with Gasteiger partial charge in [-0.3, -0.25) is 19.0 Å². The lowest BCUT2D eigenvalue weighted by atomic mass is 9.91. The lowest BCUT2D eigenvalue weighted by Gasteiger charge is -2.27. The highest BCUT2D eigenvalue weighted by molar-refractivity contribution is 6.30. The van der Waals surface area contributed by atoms with Crippen LogP contribution in [0.2, 0.25) is 5.02 Å². The van der Waals surface area contributed by atoms with Gasteiger partial charge in [-0.25, -0.2) is 0 Å². The zero-order chi connectivity index (χ0) is 29.3. The Morgan fingerprint density at radius 1 is 1.12 bits per heavy atom. The average Bonchev–Trinajstić information content (AvgIpc) is 3.73. The molecule has 2 aromatic carbocycles. The number of carbonyl (C=O) groups is 2. The van der Waals surface area contributed by atoms with Gasteiger partial charge in [0.15, 0.2) is 0 Å². The first-order valence-corrected chi connectivity index (χ1v) is 13.4. The number of fused-ring (bicyclic) bond motifs is 3. The smallest absolute Gasteiger partial charge is 0.395 e. The molecule has 2 aliphatic rings. The molecule has 12 heteroatoms. The standard InChI is InChI=1S/C29H27ClF3N3O5/c30-19-4-1-17-11-18(29(31,32)33)15-41-25-14-36(26(37)13-23(25)22(17)12-19)24(9-10-40-21-7-8-21)28(39)35-20-5-2-16(3-6-20)27(34)38/h1-6,12-14,18,21,24H,7-11,15H2,(H2,34,38)(H,35,39)/t18-,24+/m1/s1. The van der Waals surface area contributed by atoms with Gasteiger partial charge in [-0.15, -0.1) is 0 Å². The molecular weight excluding hydrogens is 563 g/mol. The number of anilines is 1. The summed E-state index contributed by atoms with van der Waals surface area (Å²) >= 11 is 6.18. The highest BCUT2D eigenvalue weighted by atomic mass is 35.5. The van der Waals surface area contributed by atoms with Crippen molar-refractivity contribution in [2.75, 3.05) is 18.5 Å². The Balaban J connectivity index is 1.52. The van der Waals surface area contributed by atoms with Crippen LogP contribution in [0.4, 0.5) is 18.9 Å². The normalized spacial score (nSPS) is 17.3. The Bertz CT molecular complexity index is 1520. The molecule has 2 amide bonds. The van der Waals surface area contributed by atoms with Crippen molar-refractivity contribution in [1.29, 1.82) is 0 Å². The van der Waals surface area contributed by atoms with Crippen LogP contribution in [-0.4, -0.2) is 41.9 Å². The van der Waals surface area contributed by atoms with Gasteiger partial charge in [0, 0.05) is 40.9 Å². The number of nitrogens with zero attached hydrogens (tertiary/aromatic N) is 1. The zero-order valence-electron chi connectivity index (χ0n) is 21.7. The molecule has 0 bridgehead atoms. The molecule has 2 heterocycles. The molecule has 8 nitrogen and oxygen atoms in total. The number of amides is 2. The number of nitrogens with two attached hydrogens (primary N) is 1. The molecule has 0 radical (unpaired) electrons. The molecule has 1 aliphatic carbocycles. The third kappa shape index (κ3) is 6.74. The summed E-state index contributed by atoms with van der Waals surface area (Å²) in [5, 5.41) is 3.02. The molecule has 2 atom stereocenters. The van der Waals surface area contributed by atoms with Crippen molar-refractivity contribution in [2.45, 2.75) is 44.0 Å². The van der Waals surface area contributed by atoms with Gasteiger partial charge >= 0.3 is 6.18 Å². The van der Waals surface area contributed by atoms with Crippen molar-refractivity contribution in [3.63, 3.8) is 0 Å². The first kappa shape index (κ1) is 28.7. The fourth-order valence-corrected chi connectivity index (χ4v) is 4.89. The van der Waals surface area contributed by atoms with Gasteiger partial charge in [0.25, 0.3) is 5.56 Å². The number of halogens is 4. The van der Waals surface area contributed by atoms with Crippen molar-refractivity contribution in [1.82, 2.24) is 4.57 Å². The SMILES string of the molecule is NC(=O)c1ccc(NC(=O)[C@H](CCOC2CC2)n2cc3c(cc2=O)-c2cc(Cl)ccc2C[C@@H](C(F)(F)F)CO3)cc1. The molecule has 1 aromatic heterocycles. The summed E-state index contributed by atoms with van der Waals surface area (Å²) in [4.78, 5) is 38.3. The monoisotopic (exact) mass is 589 g/mol. The van der Waals surface area contributed by atoms with Gasteiger partial charge in [0.2, 0.25) is 11.8 Å². The first-order chi connectivity index (χ1) is 19.5. The molecule has 1 aliphatic heterocycles. The number of hydrogen-bond donors (Lipinski definition) is 2. The number of rotatable bonds is 8. The number of carbonyl (C=O) groups excluding carboxylic acids is 2. The molecular formula is C29H27ClF3N3O5. The van der Waals surface area contributed by atoms with Gasteiger partial charge in [0.1, 0.15) is 18.4 Å². The predicted octanol–water partition coefficient (Wildman–Crippen LogP) is 5.13. The maximum Gasteiger partial charge on any atom is 0.395 e. The van der Waals surface area contributed by atoms with Gasteiger partial charge in [-0.2, -0.15) is 13.2 Å². The number of hydrogen-bond acceptors (Lipinski definition) is 5. The van der Waals surface area contributed by atoms with E-state index in [1.165, 1.54) is 54.7 Å². The van der Waals surface area contributed by atoms with E-state index in [0.29, 0.717) is 27.4 Å². The largest absolute Gasteiger partial charge is 0.491 e. The van der Waals surface area contributed by atoms with E-state index in [9.17, 15) is 27.6 Å². The Morgan fingerprint density at radius 3 is 2.51 bits per heavy atom. The maximum absolute atomic E-state index is 13.8. The summed E-state index contributed by atoms with van der Waals surface area (Å²) in [5.41, 5.74) is 6.37. The second-order valence-corrected chi connectivity index (χ2v) is 10.6. The third-order valence-electron chi connectivity index (χ3n) is 7.12. The molecule has 3 aromatic rings. The molecule has 3 N–H and O–H groups in total. The van der Waals surface area contributed by atoms with E-state index in [2.05, 4.69) is 5.32 Å². The minimum absolute atomic E-state index is 0.0220. The lowest BCUT2D eigenvalue weighted by Crippen LogP contribution is -2.35. The molecule has 0 unspecified atom stereocenters. The van der Waals surface area contributed by atoms with Crippen molar-refractivity contribution in [3.05, 3.63) is 81.2 Å². The van der Waals surface area contributed by atoms with Crippen LogP contribution in [0.15, 0.2) is 59.5 Å². The number of ether oxygens (including phenoxy) is 2. The molecule has 41 heavy (non-hydrogen) atoms. The highest BCUT2D eigenvalue weighted by Gasteiger charge is 2.41. The van der Waals surface area contributed by atoms with E-state index in [-0.39, 0.29) is 36.9 Å². The summed E-state index contributed by atoms with van der Waals surface area (Å²) in [5.74, 6) is -2.94. The van der Waals surface area contributed by atoms with E-state index in [1.54, 1.807) is 0 Å². The van der Waals surface area contributed by atoms with Crippen molar-refractivity contribution in [2.24, 2.45) is 11.7 Å². The van der Waals surface area contributed by atoms with Crippen LogP contribution < -0.4 is 21.3 Å².